The first-order valence-electron chi connectivity index (χ1n) is 11.4. The summed E-state index contributed by atoms with van der Waals surface area (Å²) in [4.78, 5) is 7.02. The molecule has 0 aliphatic carbocycles. The predicted octanol–water partition coefficient (Wildman–Crippen LogP) is 3.71. The van der Waals surface area contributed by atoms with E-state index in [4.69, 9.17) is 4.74 Å². The van der Waals surface area contributed by atoms with Gasteiger partial charge in [-0.05, 0) is 62.1 Å². The van der Waals surface area contributed by atoms with Crippen LogP contribution in [-0.4, -0.2) is 60.9 Å². The van der Waals surface area contributed by atoms with Gasteiger partial charge in [0.2, 0.25) is 0 Å². The van der Waals surface area contributed by atoms with Crippen molar-refractivity contribution in [1.82, 2.24) is 15.5 Å². The number of benzene rings is 2. The van der Waals surface area contributed by atoms with Crippen molar-refractivity contribution in [2.75, 3.05) is 32.8 Å². The van der Waals surface area contributed by atoms with Crippen molar-refractivity contribution in [3.63, 3.8) is 0 Å². The van der Waals surface area contributed by atoms with Gasteiger partial charge in [0.05, 0.1) is 6.54 Å². The van der Waals surface area contributed by atoms with Crippen LogP contribution in [0.5, 0.6) is 5.75 Å². The number of aryl methyl sites for hydroxylation is 1. The number of aliphatic hydroxyl groups excluding tert-OH is 1. The van der Waals surface area contributed by atoms with Crippen LogP contribution in [0.15, 0.2) is 53.5 Å². The molecule has 0 amide bonds. The molecule has 1 atom stereocenters. The summed E-state index contributed by atoms with van der Waals surface area (Å²) in [5.41, 5.74) is 2.74. The van der Waals surface area contributed by atoms with Gasteiger partial charge in [0, 0.05) is 32.2 Å². The van der Waals surface area contributed by atoms with E-state index in [1.807, 2.05) is 6.92 Å². The van der Waals surface area contributed by atoms with E-state index >= 15 is 0 Å². The molecule has 3 N–H and O–H groups in total. The second-order valence-corrected chi connectivity index (χ2v) is 8.26. The van der Waals surface area contributed by atoms with Crippen molar-refractivity contribution in [2.24, 2.45) is 4.99 Å². The van der Waals surface area contributed by atoms with Gasteiger partial charge >= 0.3 is 0 Å². The Morgan fingerprint density at radius 3 is 2.55 bits per heavy atom. The molecule has 33 heavy (non-hydrogen) atoms. The van der Waals surface area contributed by atoms with Crippen LogP contribution in [0.3, 0.4) is 0 Å². The molecular weight excluding hydrogens is 534 g/mol. The topological polar surface area (TPSA) is 69.1 Å². The maximum atomic E-state index is 13.0. The second-order valence-electron chi connectivity index (χ2n) is 8.26. The van der Waals surface area contributed by atoms with Crippen LogP contribution in [0.2, 0.25) is 0 Å². The first kappa shape index (κ1) is 27.3. The van der Waals surface area contributed by atoms with Gasteiger partial charge in [-0.25, -0.2) is 4.39 Å². The van der Waals surface area contributed by atoms with Crippen molar-refractivity contribution in [2.45, 2.75) is 45.4 Å². The highest BCUT2D eigenvalue weighted by Crippen LogP contribution is 2.16. The summed E-state index contributed by atoms with van der Waals surface area (Å²) >= 11 is 0. The van der Waals surface area contributed by atoms with Crippen LogP contribution >= 0.6 is 24.0 Å². The number of aliphatic hydroxyl groups is 1. The zero-order valence-corrected chi connectivity index (χ0v) is 21.8. The molecule has 1 saturated heterocycles. The normalized spacial score (nSPS) is 16.1. The number of halogens is 2. The highest BCUT2D eigenvalue weighted by molar-refractivity contribution is 14.0. The fourth-order valence-electron chi connectivity index (χ4n) is 3.75. The van der Waals surface area contributed by atoms with Gasteiger partial charge in [-0.3, -0.25) is 9.89 Å². The number of hydrogen-bond acceptors (Lipinski definition) is 4. The van der Waals surface area contributed by atoms with Gasteiger partial charge in [-0.1, -0.05) is 24.3 Å². The Morgan fingerprint density at radius 2 is 1.88 bits per heavy atom. The van der Waals surface area contributed by atoms with Crippen molar-refractivity contribution >= 4 is 29.9 Å². The van der Waals surface area contributed by atoms with E-state index in [0.29, 0.717) is 17.8 Å². The summed E-state index contributed by atoms with van der Waals surface area (Å²) in [5, 5.41) is 17.0. The lowest BCUT2D eigenvalue weighted by atomic mass is 10.0. The van der Waals surface area contributed by atoms with Crippen LogP contribution in [-0.2, 0) is 6.54 Å². The van der Waals surface area contributed by atoms with Crippen molar-refractivity contribution in [3.8, 4) is 5.75 Å². The zero-order valence-electron chi connectivity index (χ0n) is 19.5. The Hall–Kier alpha value is -1.91. The van der Waals surface area contributed by atoms with Gasteiger partial charge in [-0.15, -0.1) is 24.0 Å². The SMILES string of the molecule is CCNC(=NCC(O)COc1ccc(F)cc1)NC1CCN(Cc2ccccc2C)CC1.I. The largest absolute Gasteiger partial charge is 0.491 e. The number of piperidine rings is 1. The van der Waals surface area contributed by atoms with Gasteiger partial charge < -0.3 is 20.5 Å². The molecular formula is C25H36FIN4O2. The molecule has 2 aromatic carbocycles. The summed E-state index contributed by atoms with van der Waals surface area (Å²) in [6.45, 7) is 8.35. The van der Waals surface area contributed by atoms with E-state index in [9.17, 15) is 9.50 Å². The molecule has 0 aromatic heterocycles. The molecule has 6 nitrogen and oxygen atoms in total. The van der Waals surface area contributed by atoms with Gasteiger partial charge in [0.25, 0.3) is 0 Å². The molecule has 1 heterocycles. The van der Waals surface area contributed by atoms with Crippen LogP contribution in [0, 0.1) is 12.7 Å². The fraction of sp³-hybridized carbons (Fsp3) is 0.480. The molecule has 1 aliphatic rings. The highest BCUT2D eigenvalue weighted by Gasteiger charge is 2.20. The summed E-state index contributed by atoms with van der Waals surface area (Å²) in [6.07, 6.45) is 1.35. The number of hydrogen-bond donors (Lipinski definition) is 3. The van der Waals surface area contributed by atoms with E-state index in [0.717, 1.165) is 39.0 Å². The number of nitrogens with one attached hydrogen (secondary N) is 2. The third-order valence-corrected chi connectivity index (χ3v) is 5.64. The third kappa shape index (κ3) is 9.46. The smallest absolute Gasteiger partial charge is 0.191 e. The summed E-state index contributed by atoms with van der Waals surface area (Å²) in [7, 11) is 0. The molecule has 0 bridgehead atoms. The maximum Gasteiger partial charge on any atom is 0.191 e. The maximum absolute atomic E-state index is 13.0. The van der Waals surface area contributed by atoms with Gasteiger partial charge in [-0.2, -0.15) is 0 Å². The summed E-state index contributed by atoms with van der Waals surface area (Å²) < 4.78 is 18.5. The fourth-order valence-corrected chi connectivity index (χ4v) is 3.75. The van der Waals surface area contributed by atoms with Crippen molar-refractivity contribution in [3.05, 3.63) is 65.5 Å². The number of guanidine groups is 1. The number of likely N-dealkylation sites (tertiary alicyclic amines) is 1. The molecule has 1 unspecified atom stereocenters. The third-order valence-electron chi connectivity index (χ3n) is 5.64. The zero-order chi connectivity index (χ0) is 22.8. The predicted molar refractivity (Wildman–Crippen MR) is 142 cm³/mol. The van der Waals surface area contributed by atoms with E-state index < -0.39 is 6.10 Å². The molecule has 1 aliphatic heterocycles. The summed E-state index contributed by atoms with van der Waals surface area (Å²) in [6, 6.07) is 14.7. The Bertz CT molecular complexity index is 858. The summed E-state index contributed by atoms with van der Waals surface area (Å²) in [5.74, 6) is 0.924. The molecule has 0 spiro atoms. The van der Waals surface area contributed by atoms with Crippen LogP contribution < -0.4 is 15.4 Å². The van der Waals surface area contributed by atoms with E-state index in [-0.39, 0.29) is 42.9 Å². The van der Waals surface area contributed by atoms with Crippen molar-refractivity contribution < 1.29 is 14.2 Å². The first-order chi connectivity index (χ1) is 15.5. The number of ether oxygens (including phenoxy) is 1. The number of rotatable bonds is 9. The minimum absolute atomic E-state index is 0. The Labute approximate surface area is 213 Å². The lowest BCUT2D eigenvalue weighted by Crippen LogP contribution is -2.48. The van der Waals surface area contributed by atoms with Gasteiger partial charge in [0.15, 0.2) is 5.96 Å². The van der Waals surface area contributed by atoms with E-state index in [1.165, 1.54) is 23.3 Å². The molecule has 182 valence electrons. The van der Waals surface area contributed by atoms with Crippen LogP contribution in [0.1, 0.15) is 30.9 Å². The molecule has 3 rings (SSSR count). The van der Waals surface area contributed by atoms with Crippen molar-refractivity contribution in [1.29, 1.82) is 0 Å². The van der Waals surface area contributed by atoms with E-state index in [2.05, 4.69) is 51.7 Å². The molecule has 0 saturated carbocycles. The Balaban J connectivity index is 0.00000385. The number of aliphatic imine (C=N–C) groups is 1. The molecule has 8 heteroatoms. The quantitative estimate of drug-likeness (QED) is 0.244. The lowest BCUT2D eigenvalue weighted by molar-refractivity contribution is 0.114. The standard InChI is InChI=1S/C25H35FN4O2.HI/c1-3-27-25(28-16-23(31)18-32-24-10-8-21(26)9-11-24)29-22-12-14-30(15-13-22)17-20-7-5-4-6-19(20)2;/h4-11,22-23,31H,3,12-18H2,1-2H3,(H2,27,28,29);1H. The first-order valence-corrected chi connectivity index (χ1v) is 11.4. The average molecular weight is 570 g/mol. The molecule has 1 fully saturated rings. The average Bonchev–Trinajstić information content (AvgIpc) is 2.80. The lowest BCUT2D eigenvalue weighted by Gasteiger charge is -2.33. The highest BCUT2D eigenvalue weighted by atomic mass is 127. The minimum Gasteiger partial charge on any atom is -0.491 e. The monoisotopic (exact) mass is 570 g/mol. The van der Waals surface area contributed by atoms with Crippen LogP contribution in [0.4, 0.5) is 4.39 Å². The number of nitrogens with zero attached hydrogens (tertiary/aromatic N) is 2. The second kappa shape index (κ2) is 14.4. The van der Waals surface area contributed by atoms with Crippen LogP contribution in [0.25, 0.3) is 0 Å². The molecule has 0 radical (unpaired) electrons. The van der Waals surface area contributed by atoms with Gasteiger partial charge in [0.1, 0.15) is 24.3 Å². The Kier molecular flexibility index (Phi) is 11.9. The minimum atomic E-state index is -0.744. The Morgan fingerprint density at radius 1 is 1.18 bits per heavy atom. The molecule has 2 aromatic rings. The van der Waals surface area contributed by atoms with E-state index in [1.54, 1.807) is 12.1 Å².